The Bertz CT molecular complexity index is 543. The number of rotatable bonds is 5. The molecule has 2 aromatic carbocycles. The van der Waals surface area contributed by atoms with Crippen LogP contribution in [0.15, 0.2) is 53.0 Å². The Labute approximate surface area is 128 Å². The summed E-state index contributed by atoms with van der Waals surface area (Å²) in [6.07, 6.45) is 0. The first-order chi connectivity index (χ1) is 9.54. The molecule has 0 heterocycles. The van der Waals surface area contributed by atoms with Crippen LogP contribution in [-0.4, -0.2) is 29.1 Å². The van der Waals surface area contributed by atoms with E-state index in [1.165, 1.54) is 5.56 Å². The molecule has 0 aliphatic heterocycles. The topological polar surface area (TPSA) is 43.7 Å². The molecule has 0 aliphatic rings. The zero-order valence-electron chi connectivity index (χ0n) is 11.3. The van der Waals surface area contributed by atoms with Crippen molar-refractivity contribution in [3.8, 4) is 0 Å². The van der Waals surface area contributed by atoms with Crippen LogP contribution in [0.4, 0.5) is 0 Å². The largest absolute Gasteiger partial charge is 0.488 e. The van der Waals surface area contributed by atoms with Crippen molar-refractivity contribution < 1.29 is 10.0 Å². The number of hydrogen-bond acceptors (Lipinski definition) is 3. The molecule has 2 aromatic rings. The van der Waals surface area contributed by atoms with Crippen LogP contribution in [0.5, 0.6) is 0 Å². The second-order valence-corrected chi connectivity index (χ2v) is 5.83. The molecule has 0 aliphatic carbocycles. The molecule has 20 heavy (non-hydrogen) atoms. The summed E-state index contributed by atoms with van der Waals surface area (Å²) in [5, 5.41) is 18.1. The molecule has 0 saturated carbocycles. The first-order valence-electron chi connectivity index (χ1n) is 6.42. The average Bonchev–Trinajstić information content (AvgIpc) is 2.42. The zero-order chi connectivity index (χ0) is 14.5. The maximum atomic E-state index is 9.06. The van der Waals surface area contributed by atoms with Gasteiger partial charge in [-0.2, -0.15) is 0 Å². The third-order valence-electron chi connectivity index (χ3n) is 3.10. The fourth-order valence-corrected chi connectivity index (χ4v) is 2.33. The average molecular weight is 334 g/mol. The molecule has 2 rings (SSSR count). The second kappa shape index (κ2) is 7.04. The van der Waals surface area contributed by atoms with Gasteiger partial charge in [0.2, 0.25) is 0 Å². The van der Waals surface area contributed by atoms with Crippen LogP contribution in [0.1, 0.15) is 11.1 Å². The smallest absolute Gasteiger partial charge is 0.423 e. The highest BCUT2D eigenvalue weighted by molar-refractivity contribution is 9.10. The van der Waals surface area contributed by atoms with Crippen molar-refractivity contribution in [2.75, 3.05) is 7.05 Å². The van der Waals surface area contributed by atoms with Gasteiger partial charge in [0, 0.05) is 17.6 Å². The Balaban J connectivity index is 1.93. The Morgan fingerprint density at radius 1 is 0.900 bits per heavy atom. The minimum atomic E-state index is -1.40. The lowest BCUT2D eigenvalue weighted by Crippen LogP contribution is -2.29. The molecular weight excluding hydrogens is 317 g/mol. The van der Waals surface area contributed by atoms with Crippen molar-refractivity contribution in [3.63, 3.8) is 0 Å². The number of benzene rings is 2. The van der Waals surface area contributed by atoms with Gasteiger partial charge in [0.1, 0.15) is 0 Å². The fourth-order valence-electron chi connectivity index (χ4n) is 2.06. The summed E-state index contributed by atoms with van der Waals surface area (Å²) >= 11 is 3.43. The summed E-state index contributed by atoms with van der Waals surface area (Å²) in [4.78, 5) is 2.22. The lowest BCUT2D eigenvalue weighted by molar-refractivity contribution is 0.319. The molecule has 0 saturated heterocycles. The van der Waals surface area contributed by atoms with Crippen molar-refractivity contribution in [2.45, 2.75) is 13.1 Å². The normalized spacial score (nSPS) is 10.8. The van der Waals surface area contributed by atoms with Crippen LogP contribution in [0.2, 0.25) is 0 Å². The van der Waals surface area contributed by atoms with Crippen LogP contribution >= 0.6 is 15.9 Å². The van der Waals surface area contributed by atoms with Crippen LogP contribution in [0.3, 0.4) is 0 Å². The van der Waals surface area contributed by atoms with E-state index < -0.39 is 7.12 Å². The van der Waals surface area contributed by atoms with E-state index >= 15 is 0 Å². The molecule has 104 valence electrons. The maximum absolute atomic E-state index is 9.06. The number of nitrogens with zero attached hydrogens (tertiary/aromatic N) is 1. The minimum absolute atomic E-state index is 0.518. The number of halogens is 1. The highest BCUT2D eigenvalue weighted by Crippen LogP contribution is 2.12. The van der Waals surface area contributed by atoms with Gasteiger partial charge in [0.15, 0.2) is 0 Å². The molecule has 2 N–H and O–H groups in total. The van der Waals surface area contributed by atoms with Gasteiger partial charge in [-0.05, 0) is 35.8 Å². The number of hydrogen-bond donors (Lipinski definition) is 2. The Morgan fingerprint density at radius 2 is 1.35 bits per heavy atom. The second-order valence-electron chi connectivity index (χ2n) is 4.91. The molecule has 5 heteroatoms. The molecule has 0 amide bonds. The van der Waals surface area contributed by atoms with Gasteiger partial charge < -0.3 is 10.0 Å². The summed E-state index contributed by atoms with van der Waals surface area (Å²) in [6, 6.07) is 15.6. The standard InChI is InChI=1S/C15H17BBrNO2/c1-18(11-13-4-8-15(17)9-5-13)10-12-2-6-14(7-3-12)16(19)20/h2-9,19-20H,10-11H2,1H3. The highest BCUT2D eigenvalue weighted by Gasteiger charge is 2.10. The quantitative estimate of drug-likeness (QED) is 0.819. The molecule has 0 radical (unpaired) electrons. The van der Waals surface area contributed by atoms with E-state index in [1.54, 1.807) is 12.1 Å². The molecule has 0 spiro atoms. The molecule has 0 unspecified atom stereocenters. The SMILES string of the molecule is CN(Cc1ccc(Br)cc1)Cc1ccc(B(O)O)cc1. The van der Waals surface area contributed by atoms with Gasteiger partial charge in [-0.25, -0.2) is 0 Å². The Hall–Kier alpha value is -1.14. The van der Waals surface area contributed by atoms with Gasteiger partial charge in [-0.1, -0.05) is 52.3 Å². The molecule has 0 bridgehead atoms. The fraction of sp³-hybridized carbons (Fsp3) is 0.200. The first kappa shape index (κ1) is 15.3. The molecule has 0 atom stereocenters. The van der Waals surface area contributed by atoms with Crippen LogP contribution < -0.4 is 5.46 Å². The predicted molar refractivity (Wildman–Crippen MR) is 85.6 cm³/mol. The van der Waals surface area contributed by atoms with Gasteiger partial charge in [0.05, 0.1) is 0 Å². The van der Waals surface area contributed by atoms with E-state index in [0.717, 1.165) is 23.1 Å². The van der Waals surface area contributed by atoms with Crippen molar-refractivity contribution in [1.29, 1.82) is 0 Å². The summed E-state index contributed by atoms with van der Waals surface area (Å²) in [7, 11) is 0.668. The predicted octanol–water partition coefficient (Wildman–Crippen LogP) is 1.76. The summed E-state index contributed by atoms with van der Waals surface area (Å²) < 4.78 is 1.09. The highest BCUT2D eigenvalue weighted by atomic mass is 79.9. The van der Waals surface area contributed by atoms with Crippen LogP contribution in [0.25, 0.3) is 0 Å². The van der Waals surface area contributed by atoms with Gasteiger partial charge in [-0.3, -0.25) is 4.90 Å². The van der Waals surface area contributed by atoms with E-state index in [1.807, 2.05) is 24.3 Å². The zero-order valence-corrected chi connectivity index (χ0v) is 12.9. The van der Waals surface area contributed by atoms with Crippen LogP contribution in [0, 0.1) is 0 Å². The lowest BCUT2D eigenvalue weighted by Gasteiger charge is -2.17. The van der Waals surface area contributed by atoms with E-state index in [4.69, 9.17) is 10.0 Å². The van der Waals surface area contributed by atoms with Gasteiger partial charge in [-0.15, -0.1) is 0 Å². The lowest BCUT2D eigenvalue weighted by atomic mass is 9.80. The summed E-state index contributed by atoms with van der Waals surface area (Å²) in [6.45, 7) is 1.69. The Morgan fingerprint density at radius 3 is 1.80 bits per heavy atom. The third-order valence-corrected chi connectivity index (χ3v) is 3.62. The Kier molecular flexibility index (Phi) is 5.37. The van der Waals surface area contributed by atoms with E-state index in [0.29, 0.717) is 5.46 Å². The van der Waals surface area contributed by atoms with Crippen molar-refractivity contribution >= 4 is 28.5 Å². The van der Waals surface area contributed by atoms with Crippen molar-refractivity contribution in [2.24, 2.45) is 0 Å². The molecule has 3 nitrogen and oxygen atoms in total. The molecular formula is C15H17BBrNO2. The molecule has 0 aromatic heterocycles. The van der Waals surface area contributed by atoms with Crippen molar-refractivity contribution in [3.05, 3.63) is 64.1 Å². The van der Waals surface area contributed by atoms with Crippen molar-refractivity contribution in [1.82, 2.24) is 4.90 Å². The van der Waals surface area contributed by atoms with E-state index in [-0.39, 0.29) is 0 Å². The van der Waals surface area contributed by atoms with Gasteiger partial charge >= 0.3 is 7.12 Å². The van der Waals surface area contributed by atoms with E-state index in [9.17, 15) is 0 Å². The molecule has 0 fully saturated rings. The third kappa shape index (κ3) is 4.46. The van der Waals surface area contributed by atoms with Gasteiger partial charge in [0.25, 0.3) is 0 Å². The first-order valence-corrected chi connectivity index (χ1v) is 7.22. The maximum Gasteiger partial charge on any atom is 0.488 e. The summed E-state index contributed by atoms with van der Waals surface area (Å²) in [5.74, 6) is 0. The summed E-state index contributed by atoms with van der Waals surface area (Å²) in [5.41, 5.74) is 2.93. The van der Waals surface area contributed by atoms with Crippen LogP contribution in [-0.2, 0) is 13.1 Å². The minimum Gasteiger partial charge on any atom is -0.423 e. The monoisotopic (exact) mass is 333 g/mol. The van der Waals surface area contributed by atoms with E-state index in [2.05, 4.69) is 40.0 Å².